The molecular weight excluding hydrogens is 258 g/mol. The highest BCUT2D eigenvalue weighted by atomic mass is 16.1. The maximum absolute atomic E-state index is 12.4. The van der Waals surface area contributed by atoms with Gasteiger partial charge < -0.3 is 5.32 Å². The first-order valence-electron chi connectivity index (χ1n) is 8.45. The number of hydrogen-bond donors (Lipinski definition) is 1. The lowest BCUT2D eigenvalue weighted by atomic mass is 9.84. The summed E-state index contributed by atoms with van der Waals surface area (Å²) in [5.74, 6) is 1.59. The summed E-state index contributed by atoms with van der Waals surface area (Å²) in [4.78, 5) is 12.4. The van der Waals surface area contributed by atoms with Crippen LogP contribution in [0.1, 0.15) is 69.7 Å². The van der Waals surface area contributed by atoms with Gasteiger partial charge in [0, 0.05) is 24.7 Å². The molecule has 2 nitrogen and oxygen atoms in total. The predicted molar refractivity (Wildman–Crippen MR) is 92.0 cm³/mol. The number of rotatable bonds is 10. The van der Waals surface area contributed by atoms with Crippen LogP contribution in [0.3, 0.4) is 0 Å². The summed E-state index contributed by atoms with van der Waals surface area (Å²) in [6.45, 7) is 6.73. The van der Waals surface area contributed by atoms with Crippen molar-refractivity contribution in [2.24, 2.45) is 11.8 Å². The fraction of sp³-hybridized carbons (Fsp3) is 0.632. The third kappa shape index (κ3) is 5.91. The molecule has 0 amide bonds. The number of ketones is 1. The van der Waals surface area contributed by atoms with Gasteiger partial charge in [0.25, 0.3) is 0 Å². The molecule has 2 heteroatoms. The van der Waals surface area contributed by atoms with Crippen molar-refractivity contribution in [3.63, 3.8) is 0 Å². The molecule has 0 aliphatic rings. The Morgan fingerprint density at radius 3 is 2.14 bits per heavy atom. The lowest BCUT2D eigenvalue weighted by molar-refractivity contribution is 0.0952. The smallest absolute Gasteiger partial charge is 0.163 e. The van der Waals surface area contributed by atoms with Crippen LogP contribution in [-0.4, -0.2) is 12.8 Å². The fourth-order valence-electron chi connectivity index (χ4n) is 2.97. The summed E-state index contributed by atoms with van der Waals surface area (Å²) >= 11 is 0. The maximum atomic E-state index is 12.4. The molecule has 0 bridgehead atoms. The van der Waals surface area contributed by atoms with Crippen molar-refractivity contribution in [2.45, 2.75) is 59.3 Å². The number of Topliss-reactive ketones (excluding diaryl/α,β-unsaturated/α-hetero) is 1. The molecule has 0 heterocycles. The molecule has 0 fully saturated rings. The van der Waals surface area contributed by atoms with Crippen molar-refractivity contribution in [2.75, 3.05) is 12.4 Å². The molecular formula is C19H31NO. The van der Waals surface area contributed by atoms with Gasteiger partial charge in [0.1, 0.15) is 0 Å². The molecule has 0 saturated heterocycles. The molecule has 1 N–H and O–H groups in total. The summed E-state index contributed by atoms with van der Waals surface area (Å²) in [6, 6.07) is 7.81. The van der Waals surface area contributed by atoms with Crippen molar-refractivity contribution in [3.05, 3.63) is 29.8 Å². The molecule has 118 valence electrons. The van der Waals surface area contributed by atoms with Gasteiger partial charge in [-0.15, -0.1) is 0 Å². The third-order valence-electron chi connectivity index (χ3n) is 4.49. The molecule has 0 saturated carbocycles. The normalized spacial score (nSPS) is 13.7. The molecule has 2 atom stereocenters. The van der Waals surface area contributed by atoms with Crippen molar-refractivity contribution in [1.29, 1.82) is 0 Å². The molecule has 0 aromatic heterocycles. The first-order chi connectivity index (χ1) is 10.1. The average molecular weight is 289 g/mol. The summed E-state index contributed by atoms with van der Waals surface area (Å²) in [7, 11) is 1.89. The van der Waals surface area contributed by atoms with Crippen LogP contribution in [-0.2, 0) is 0 Å². The number of hydrogen-bond acceptors (Lipinski definition) is 2. The van der Waals surface area contributed by atoms with E-state index in [1.54, 1.807) is 0 Å². The molecule has 1 aromatic carbocycles. The van der Waals surface area contributed by atoms with Gasteiger partial charge in [-0.1, -0.05) is 46.5 Å². The molecule has 21 heavy (non-hydrogen) atoms. The zero-order valence-corrected chi connectivity index (χ0v) is 14.1. The first-order valence-corrected chi connectivity index (χ1v) is 8.45. The van der Waals surface area contributed by atoms with E-state index in [1.165, 1.54) is 25.7 Å². The lowest BCUT2D eigenvalue weighted by Gasteiger charge is -2.21. The van der Waals surface area contributed by atoms with E-state index in [4.69, 9.17) is 0 Å². The van der Waals surface area contributed by atoms with Gasteiger partial charge in [-0.05, 0) is 42.5 Å². The van der Waals surface area contributed by atoms with Crippen LogP contribution in [0.2, 0.25) is 0 Å². The zero-order chi connectivity index (χ0) is 15.7. The van der Waals surface area contributed by atoms with Gasteiger partial charge in [0.05, 0.1) is 0 Å². The first kappa shape index (κ1) is 17.7. The highest BCUT2D eigenvalue weighted by Crippen LogP contribution is 2.26. The molecule has 2 unspecified atom stereocenters. The van der Waals surface area contributed by atoms with Crippen molar-refractivity contribution >= 4 is 11.5 Å². The largest absolute Gasteiger partial charge is 0.388 e. The highest BCUT2D eigenvalue weighted by molar-refractivity contribution is 5.96. The lowest BCUT2D eigenvalue weighted by Crippen LogP contribution is -2.13. The van der Waals surface area contributed by atoms with Crippen LogP contribution in [0, 0.1) is 11.8 Å². The van der Waals surface area contributed by atoms with Crippen LogP contribution >= 0.6 is 0 Å². The second-order valence-electron chi connectivity index (χ2n) is 6.03. The van der Waals surface area contributed by atoms with Crippen LogP contribution in [0.4, 0.5) is 5.69 Å². The molecule has 1 aromatic rings. The summed E-state index contributed by atoms with van der Waals surface area (Å²) < 4.78 is 0. The summed E-state index contributed by atoms with van der Waals surface area (Å²) in [6.07, 6.45) is 6.75. The Bertz CT molecular complexity index is 410. The second kappa shape index (κ2) is 9.59. The standard InChI is InChI=1S/C19H31NO/c1-5-8-15(6-2)13-16(7-3)14-19(21)17-9-11-18(20-4)12-10-17/h9-12,15-16,20H,5-8,13-14H2,1-4H3. The van der Waals surface area contributed by atoms with E-state index < -0.39 is 0 Å². The molecule has 0 spiro atoms. The molecule has 1 rings (SSSR count). The van der Waals surface area contributed by atoms with Crippen molar-refractivity contribution in [1.82, 2.24) is 0 Å². The minimum atomic E-state index is 0.288. The van der Waals surface area contributed by atoms with Crippen LogP contribution < -0.4 is 5.32 Å². The van der Waals surface area contributed by atoms with E-state index in [0.29, 0.717) is 12.3 Å². The van der Waals surface area contributed by atoms with Crippen LogP contribution in [0.25, 0.3) is 0 Å². The van der Waals surface area contributed by atoms with Gasteiger partial charge in [-0.2, -0.15) is 0 Å². The minimum absolute atomic E-state index is 0.288. The number of carbonyl (C=O) groups is 1. The van der Waals surface area contributed by atoms with Gasteiger partial charge >= 0.3 is 0 Å². The Kier molecular flexibility index (Phi) is 8.11. The minimum Gasteiger partial charge on any atom is -0.388 e. The van der Waals surface area contributed by atoms with Crippen LogP contribution in [0.15, 0.2) is 24.3 Å². The number of carbonyl (C=O) groups excluding carboxylic acids is 1. The van der Waals surface area contributed by atoms with Crippen molar-refractivity contribution < 1.29 is 4.79 Å². The Labute approximate surface area is 130 Å². The van der Waals surface area contributed by atoms with Gasteiger partial charge in [0.2, 0.25) is 0 Å². The zero-order valence-electron chi connectivity index (χ0n) is 14.1. The molecule has 0 aliphatic carbocycles. The monoisotopic (exact) mass is 289 g/mol. The van der Waals surface area contributed by atoms with E-state index in [9.17, 15) is 4.79 Å². The Hall–Kier alpha value is -1.31. The predicted octanol–water partition coefficient (Wildman–Crippen LogP) is 5.54. The van der Waals surface area contributed by atoms with E-state index in [1.807, 2.05) is 31.3 Å². The van der Waals surface area contributed by atoms with Gasteiger partial charge in [-0.3, -0.25) is 4.79 Å². The maximum Gasteiger partial charge on any atom is 0.163 e. The Balaban J connectivity index is 2.60. The van der Waals surface area contributed by atoms with Gasteiger partial charge in [0.15, 0.2) is 5.78 Å². The SMILES string of the molecule is CCCC(CC)CC(CC)CC(=O)c1ccc(NC)cc1. The number of benzene rings is 1. The quantitative estimate of drug-likeness (QED) is 0.573. The van der Waals surface area contributed by atoms with E-state index in [2.05, 4.69) is 26.1 Å². The summed E-state index contributed by atoms with van der Waals surface area (Å²) in [5, 5.41) is 3.08. The molecule has 0 radical (unpaired) electrons. The van der Waals surface area contributed by atoms with E-state index in [0.717, 1.165) is 23.6 Å². The van der Waals surface area contributed by atoms with Crippen LogP contribution in [0.5, 0.6) is 0 Å². The number of nitrogens with one attached hydrogen (secondary N) is 1. The fourth-order valence-corrected chi connectivity index (χ4v) is 2.97. The Morgan fingerprint density at radius 1 is 1.05 bits per heavy atom. The Morgan fingerprint density at radius 2 is 1.67 bits per heavy atom. The van der Waals surface area contributed by atoms with E-state index in [-0.39, 0.29) is 5.78 Å². The van der Waals surface area contributed by atoms with E-state index >= 15 is 0 Å². The average Bonchev–Trinajstić information content (AvgIpc) is 2.53. The van der Waals surface area contributed by atoms with Crippen molar-refractivity contribution in [3.8, 4) is 0 Å². The highest BCUT2D eigenvalue weighted by Gasteiger charge is 2.17. The third-order valence-corrected chi connectivity index (χ3v) is 4.49. The second-order valence-corrected chi connectivity index (χ2v) is 6.03. The topological polar surface area (TPSA) is 29.1 Å². The molecule has 0 aliphatic heterocycles. The van der Waals surface area contributed by atoms with Gasteiger partial charge in [-0.25, -0.2) is 0 Å². The summed E-state index contributed by atoms with van der Waals surface area (Å²) in [5.41, 5.74) is 1.89. The number of anilines is 1.